The number of benzene rings is 1. The Morgan fingerprint density at radius 3 is 2.62 bits per heavy atom. The number of hydrogen-bond acceptors (Lipinski definition) is 2. The summed E-state index contributed by atoms with van der Waals surface area (Å²) in [6, 6.07) is 10.3. The maximum Gasteiger partial charge on any atom is 0.150 e. The molecule has 1 aliphatic heterocycles. The Bertz CT molecular complexity index is 428. The molecule has 0 aliphatic carbocycles. The molecule has 1 atom stereocenters. The van der Waals surface area contributed by atoms with Crippen LogP contribution < -0.4 is 5.32 Å². The monoisotopic (exact) mass is 240 g/mol. The molecular formula is C12H18NO2S+. The zero-order valence-electron chi connectivity index (χ0n) is 9.30. The standard InChI is InChI=1S/C12H17NO2S/c14-16(15)7-6-12(10-16)9-13-8-11-4-2-1-3-5-11/h1-5,12-13H,6-10H2/p+1/t12-/m0/s1. The molecular weight excluding hydrogens is 222 g/mol. The third kappa shape index (κ3) is 3.32. The second-order valence-corrected chi connectivity index (χ2v) is 6.71. The van der Waals surface area contributed by atoms with Crippen molar-refractivity contribution in [2.24, 2.45) is 5.92 Å². The normalized spacial score (nSPS) is 23.4. The lowest BCUT2D eigenvalue weighted by Gasteiger charge is -2.06. The molecule has 0 amide bonds. The van der Waals surface area contributed by atoms with Crippen molar-refractivity contribution in [2.75, 3.05) is 18.1 Å². The van der Waals surface area contributed by atoms with Crippen molar-refractivity contribution in [3.63, 3.8) is 0 Å². The Labute approximate surface area is 96.8 Å². The smallest absolute Gasteiger partial charge is 0.150 e. The second kappa shape index (κ2) is 4.97. The average Bonchev–Trinajstić information content (AvgIpc) is 2.60. The Kier molecular flexibility index (Phi) is 3.61. The number of quaternary nitrogens is 1. The van der Waals surface area contributed by atoms with Gasteiger partial charge < -0.3 is 5.32 Å². The highest BCUT2D eigenvalue weighted by Crippen LogP contribution is 2.16. The van der Waals surface area contributed by atoms with Crippen LogP contribution in [0.25, 0.3) is 0 Å². The number of sulfone groups is 1. The van der Waals surface area contributed by atoms with Gasteiger partial charge in [0.1, 0.15) is 6.54 Å². The molecule has 2 rings (SSSR count). The van der Waals surface area contributed by atoms with Crippen LogP contribution in [0, 0.1) is 5.92 Å². The molecule has 1 aromatic rings. The molecule has 2 N–H and O–H groups in total. The van der Waals surface area contributed by atoms with E-state index < -0.39 is 9.84 Å². The highest BCUT2D eigenvalue weighted by Gasteiger charge is 2.28. The Balaban J connectivity index is 1.74. The lowest BCUT2D eigenvalue weighted by Crippen LogP contribution is -2.84. The van der Waals surface area contributed by atoms with Gasteiger partial charge in [-0.05, 0) is 6.42 Å². The van der Waals surface area contributed by atoms with Crippen LogP contribution in [0.5, 0.6) is 0 Å². The van der Waals surface area contributed by atoms with Gasteiger partial charge in [-0.15, -0.1) is 0 Å². The summed E-state index contributed by atoms with van der Waals surface area (Å²) in [6.45, 7) is 1.87. The Morgan fingerprint density at radius 2 is 2.00 bits per heavy atom. The first-order valence-electron chi connectivity index (χ1n) is 5.72. The number of nitrogens with two attached hydrogens (primary N) is 1. The van der Waals surface area contributed by atoms with Crippen LogP contribution in [-0.4, -0.2) is 26.5 Å². The molecule has 1 aliphatic rings. The van der Waals surface area contributed by atoms with E-state index in [9.17, 15) is 8.42 Å². The van der Waals surface area contributed by atoms with Crippen molar-refractivity contribution in [2.45, 2.75) is 13.0 Å². The molecule has 1 saturated heterocycles. The van der Waals surface area contributed by atoms with Gasteiger partial charge in [0.25, 0.3) is 0 Å². The van der Waals surface area contributed by atoms with Crippen LogP contribution in [-0.2, 0) is 16.4 Å². The van der Waals surface area contributed by atoms with E-state index in [4.69, 9.17) is 0 Å². The van der Waals surface area contributed by atoms with Crippen molar-refractivity contribution in [3.8, 4) is 0 Å². The van der Waals surface area contributed by atoms with E-state index >= 15 is 0 Å². The van der Waals surface area contributed by atoms with E-state index in [1.54, 1.807) is 0 Å². The number of hydrogen-bond donors (Lipinski definition) is 1. The van der Waals surface area contributed by atoms with Crippen molar-refractivity contribution < 1.29 is 13.7 Å². The van der Waals surface area contributed by atoms with E-state index in [2.05, 4.69) is 17.4 Å². The summed E-state index contributed by atoms with van der Waals surface area (Å²) in [5.74, 6) is 1.13. The molecule has 1 heterocycles. The lowest BCUT2D eigenvalue weighted by atomic mass is 10.1. The van der Waals surface area contributed by atoms with Crippen LogP contribution >= 0.6 is 0 Å². The summed E-state index contributed by atoms with van der Waals surface area (Å²) >= 11 is 0. The molecule has 3 nitrogen and oxygen atoms in total. The Morgan fingerprint density at radius 1 is 1.25 bits per heavy atom. The van der Waals surface area contributed by atoms with E-state index in [0.717, 1.165) is 19.5 Å². The predicted octanol–water partition coefficient (Wildman–Crippen LogP) is 0.185. The summed E-state index contributed by atoms with van der Waals surface area (Å²) in [5.41, 5.74) is 1.29. The SMILES string of the molecule is O=S1(=O)CC[C@@H](C[NH2+]Cc2ccccc2)C1. The van der Waals surface area contributed by atoms with Gasteiger partial charge in [-0.1, -0.05) is 30.3 Å². The zero-order valence-corrected chi connectivity index (χ0v) is 10.1. The highest BCUT2D eigenvalue weighted by atomic mass is 32.2. The largest absolute Gasteiger partial charge is 0.342 e. The third-order valence-corrected chi connectivity index (χ3v) is 4.89. The molecule has 1 fully saturated rings. The van der Waals surface area contributed by atoms with Gasteiger partial charge in [-0.25, -0.2) is 8.42 Å². The Hall–Kier alpha value is -0.870. The summed E-state index contributed by atoms with van der Waals surface area (Å²) in [7, 11) is -2.71. The minimum atomic E-state index is -2.71. The van der Waals surface area contributed by atoms with Crippen LogP contribution in [0.15, 0.2) is 30.3 Å². The van der Waals surface area contributed by atoms with E-state index in [-0.39, 0.29) is 0 Å². The molecule has 88 valence electrons. The van der Waals surface area contributed by atoms with Gasteiger partial charge in [-0.2, -0.15) is 0 Å². The molecule has 0 saturated carbocycles. The minimum Gasteiger partial charge on any atom is -0.342 e. The maximum atomic E-state index is 11.3. The van der Waals surface area contributed by atoms with E-state index in [0.29, 0.717) is 17.4 Å². The third-order valence-electron chi connectivity index (χ3n) is 3.05. The van der Waals surface area contributed by atoms with Crippen LogP contribution in [0.1, 0.15) is 12.0 Å². The molecule has 4 heteroatoms. The first-order chi connectivity index (χ1) is 7.66. The topological polar surface area (TPSA) is 50.8 Å². The van der Waals surface area contributed by atoms with Crippen molar-refractivity contribution in [3.05, 3.63) is 35.9 Å². The lowest BCUT2D eigenvalue weighted by molar-refractivity contribution is -0.675. The first kappa shape index (κ1) is 11.6. The minimum absolute atomic E-state index is 0.355. The van der Waals surface area contributed by atoms with Crippen molar-refractivity contribution in [1.82, 2.24) is 0 Å². The molecule has 0 bridgehead atoms. The predicted molar refractivity (Wildman–Crippen MR) is 63.7 cm³/mol. The van der Waals surface area contributed by atoms with Gasteiger partial charge in [-0.3, -0.25) is 0 Å². The highest BCUT2D eigenvalue weighted by molar-refractivity contribution is 7.91. The molecule has 0 spiro atoms. The van der Waals surface area contributed by atoms with Gasteiger partial charge >= 0.3 is 0 Å². The fourth-order valence-corrected chi connectivity index (χ4v) is 4.04. The van der Waals surface area contributed by atoms with Gasteiger partial charge in [0, 0.05) is 11.5 Å². The summed E-state index contributed by atoms with van der Waals surface area (Å²) in [6.07, 6.45) is 0.841. The quantitative estimate of drug-likeness (QED) is 0.816. The van der Waals surface area contributed by atoms with Gasteiger partial charge in [0.05, 0.1) is 18.1 Å². The summed E-state index contributed by atoms with van der Waals surface area (Å²) in [4.78, 5) is 0. The summed E-state index contributed by atoms with van der Waals surface area (Å²) < 4.78 is 22.5. The van der Waals surface area contributed by atoms with Gasteiger partial charge in [0.2, 0.25) is 0 Å². The molecule has 0 unspecified atom stereocenters. The van der Waals surface area contributed by atoms with Crippen molar-refractivity contribution >= 4 is 9.84 Å². The maximum absolute atomic E-state index is 11.3. The summed E-state index contributed by atoms with van der Waals surface area (Å²) in [5, 5.41) is 2.21. The molecule has 0 aromatic heterocycles. The van der Waals surface area contributed by atoms with Crippen LogP contribution in [0.4, 0.5) is 0 Å². The second-order valence-electron chi connectivity index (χ2n) is 4.48. The fraction of sp³-hybridized carbons (Fsp3) is 0.500. The molecule has 16 heavy (non-hydrogen) atoms. The molecule has 1 aromatic carbocycles. The van der Waals surface area contributed by atoms with Gasteiger partial charge in [0.15, 0.2) is 9.84 Å². The molecule has 0 radical (unpaired) electrons. The van der Waals surface area contributed by atoms with Crippen LogP contribution in [0.2, 0.25) is 0 Å². The van der Waals surface area contributed by atoms with Crippen molar-refractivity contribution in [1.29, 1.82) is 0 Å². The first-order valence-corrected chi connectivity index (χ1v) is 7.54. The number of rotatable bonds is 4. The fourth-order valence-electron chi connectivity index (χ4n) is 2.16. The zero-order chi connectivity index (χ0) is 11.4. The average molecular weight is 240 g/mol. The van der Waals surface area contributed by atoms with Crippen LogP contribution in [0.3, 0.4) is 0 Å². The van der Waals surface area contributed by atoms with E-state index in [1.807, 2.05) is 18.2 Å². The van der Waals surface area contributed by atoms with E-state index in [1.165, 1.54) is 5.56 Å².